The van der Waals surface area contributed by atoms with Gasteiger partial charge in [-0.25, -0.2) is 0 Å². The summed E-state index contributed by atoms with van der Waals surface area (Å²) in [6.07, 6.45) is 1.48. The van der Waals surface area contributed by atoms with Crippen molar-refractivity contribution in [3.63, 3.8) is 0 Å². The molecule has 0 fully saturated rings. The van der Waals surface area contributed by atoms with Crippen LogP contribution in [0, 0.1) is 0 Å². The Labute approximate surface area is 93.1 Å². The Balaban J connectivity index is 2.37. The average Bonchev–Trinajstić information content (AvgIpc) is 2.69. The summed E-state index contributed by atoms with van der Waals surface area (Å²) in [4.78, 5) is 12.3. The van der Waals surface area contributed by atoms with Crippen molar-refractivity contribution in [3.8, 4) is 0 Å². The third-order valence-electron chi connectivity index (χ3n) is 1.67. The van der Waals surface area contributed by atoms with Crippen LogP contribution in [0.3, 0.4) is 0 Å². The molecule has 3 nitrogen and oxygen atoms in total. The molecule has 5 heteroatoms. The van der Waals surface area contributed by atoms with E-state index < -0.39 is 0 Å². The number of ketones is 1. The van der Waals surface area contributed by atoms with Crippen molar-refractivity contribution in [3.05, 3.63) is 45.4 Å². The monoisotopic (exact) mass is 268 g/mol. The van der Waals surface area contributed by atoms with E-state index in [1.165, 1.54) is 6.20 Å². The van der Waals surface area contributed by atoms with Crippen molar-refractivity contribution < 1.29 is 4.79 Å². The molecule has 0 spiro atoms. The zero-order chi connectivity index (χ0) is 9.97. The van der Waals surface area contributed by atoms with Gasteiger partial charge in [-0.05, 0) is 23.7 Å². The first-order chi connectivity index (χ1) is 6.77. The Morgan fingerprint density at radius 2 is 2.29 bits per heavy atom. The van der Waals surface area contributed by atoms with Gasteiger partial charge >= 0.3 is 0 Å². The molecule has 70 valence electrons. The number of aromatic nitrogens is 2. The van der Waals surface area contributed by atoms with Gasteiger partial charge in [-0.3, -0.25) is 4.79 Å². The van der Waals surface area contributed by atoms with Gasteiger partial charge < -0.3 is 0 Å². The minimum absolute atomic E-state index is 0.0405. The molecule has 1 aromatic carbocycles. The molecule has 0 saturated heterocycles. The Kier molecular flexibility index (Phi) is 2.69. The van der Waals surface area contributed by atoms with Crippen LogP contribution in [0.4, 0.5) is 0 Å². The van der Waals surface area contributed by atoms with Crippen molar-refractivity contribution in [1.82, 2.24) is 9.59 Å². The maximum absolute atomic E-state index is 11.8. The van der Waals surface area contributed by atoms with Crippen molar-refractivity contribution in [2.24, 2.45) is 0 Å². The lowest BCUT2D eigenvalue weighted by Gasteiger charge is -1.96. The molecule has 0 amide bonds. The van der Waals surface area contributed by atoms with Crippen LogP contribution in [0.2, 0.25) is 0 Å². The fourth-order valence-electron chi connectivity index (χ4n) is 1.04. The molecule has 0 unspecified atom stereocenters. The summed E-state index contributed by atoms with van der Waals surface area (Å²) in [6, 6.07) is 7.25. The summed E-state index contributed by atoms with van der Waals surface area (Å²) in [6.45, 7) is 0. The first-order valence-electron chi connectivity index (χ1n) is 3.85. The zero-order valence-corrected chi connectivity index (χ0v) is 9.38. The summed E-state index contributed by atoms with van der Waals surface area (Å²) in [5.74, 6) is -0.0405. The first kappa shape index (κ1) is 9.48. The van der Waals surface area contributed by atoms with E-state index in [0.717, 1.165) is 16.0 Å². The minimum atomic E-state index is -0.0405. The standard InChI is InChI=1S/C9H5BrN2OS/c10-7-3-1-2-6(4-7)9(13)8-5-11-12-14-8/h1-5H. The van der Waals surface area contributed by atoms with Gasteiger partial charge in [-0.2, -0.15) is 0 Å². The first-order valence-corrected chi connectivity index (χ1v) is 5.41. The van der Waals surface area contributed by atoms with Crippen LogP contribution in [0.15, 0.2) is 34.9 Å². The van der Waals surface area contributed by atoms with Crippen molar-refractivity contribution in [2.45, 2.75) is 0 Å². The van der Waals surface area contributed by atoms with Crippen LogP contribution in [-0.4, -0.2) is 15.4 Å². The van der Waals surface area contributed by atoms with Crippen molar-refractivity contribution in [1.29, 1.82) is 0 Å². The highest BCUT2D eigenvalue weighted by Crippen LogP contribution is 2.16. The van der Waals surface area contributed by atoms with Crippen LogP contribution < -0.4 is 0 Å². The topological polar surface area (TPSA) is 42.9 Å². The second-order valence-corrected chi connectivity index (χ2v) is 4.32. The van der Waals surface area contributed by atoms with Gasteiger partial charge in [-0.15, -0.1) is 5.10 Å². The second kappa shape index (κ2) is 3.98. The molecule has 2 rings (SSSR count). The molecular weight excluding hydrogens is 264 g/mol. The van der Waals surface area contributed by atoms with Gasteiger partial charge in [0.2, 0.25) is 5.78 Å². The van der Waals surface area contributed by atoms with Crippen molar-refractivity contribution >= 4 is 33.2 Å². The number of carbonyl (C=O) groups is 1. The van der Waals surface area contributed by atoms with Gasteiger partial charge in [0.1, 0.15) is 4.88 Å². The number of halogens is 1. The highest BCUT2D eigenvalue weighted by atomic mass is 79.9. The fourth-order valence-corrected chi connectivity index (χ4v) is 1.92. The third-order valence-corrected chi connectivity index (χ3v) is 2.83. The summed E-state index contributed by atoms with van der Waals surface area (Å²) < 4.78 is 4.54. The van der Waals surface area contributed by atoms with E-state index in [9.17, 15) is 4.79 Å². The molecule has 0 saturated carbocycles. The van der Waals surface area contributed by atoms with Crippen LogP contribution >= 0.6 is 27.5 Å². The Bertz CT molecular complexity index is 456. The van der Waals surface area contributed by atoms with Gasteiger partial charge in [0, 0.05) is 10.0 Å². The molecule has 0 bridgehead atoms. The van der Waals surface area contributed by atoms with E-state index in [4.69, 9.17) is 0 Å². The average molecular weight is 269 g/mol. The number of carbonyl (C=O) groups excluding carboxylic acids is 1. The predicted octanol–water partition coefficient (Wildman–Crippen LogP) is 2.53. The Morgan fingerprint density at radius 3 is 2.93 bits per heavy atom. The third kappa shape index (κ3) is 1.88. The van der Waals surface area contributed by atoms with Gasteiger partial charge in [0.15, 0.2) is 0 Å². The van der Waals surface area contributed by atoms with Crippen LogP contribution in [0.5, 0.6) is 0 Å². The minimum Gasteiger partial charge on any atom is -0.288 e. The predicted molar refractivity (Wildman–Crippen MR) is 57.5 cm³/mol. The molecule has 0 aliphatic carbocycles. The van der Waals surface area contributed by atoms with Crippen molar-refractivity contribution in [2.75, 3.05) is 0 Å². The van der Waals surface area contributed by atoms with Crippen LogP contribution in [-0.2, 0) is 0 Å². The molecular formula is C9H5BrN2OS. The molecule has 1 heterocycles. The largest absolute Gasteiger partial charge is 0.288 e. The molecule has 0 N–H and O–H groups in total. The van der Waals surface area contributed by atoms with E-state index in [2.05, 4.69) is 25.5 Å². The summed E-state index contributed by atoms with van der Waals surface area (Å²) in [7, 11) is 0. The van der Waals surface area contributed by atoms with Crippen LogP contribution in [0.1, 0.15) is 15.2 Å². The highest BCUT2D eigenvalue weighted by molar-refractivity contribution is 9.10. The molecule has 0 aliphatic rings. The highest BCUT2D eigenvalue weighted by Gasteiger charge is 2.11. The SMILES string of the molecule is O=C(c1cccc(Br)c1)c1cnns1. The number of hydrogen-bond acceptors (Lipinski definition) is 4. The lowest BCUT2D eigenvalue weighted by atomic mass is 10.1. The lowest BCUT2D eigenvalue weighted by molar-refractivity contribution is 0.104. The Morgan fingerprint density at radius 1 is 1.43 bits per heavy atom. The number of hydrogen-bond donors (Lipinski definition) is 0. The van der Waals surface area contributed by atoms with Gasteiger partial charge in [0.05, 0.1) is 6.20 Å². The van der Waals surface area contributed by atoms with E-state index in [1.807, 2.05) is 12.1 Å². The van der Waals surface area contributed by atoms with Crippen LogP contribution in [0.25, 0.3) is 0 Å². The van der Waals surface area contributed by atoms with E-state index in [1.54, 1.807) is 12.1 Å². The van der Waals surface area contributed by atoms with Gasteiger partial charge in [0.25, 0.3) is 0 Å². The van der Waals surface area contributed by atoms with Gasteiger partial charge in [-0.1, -0.05) is 32.6 Å². The lowest BCUT2D eigenvalue weighted by Crippen LogP contribution is -1.97. The quantitative estimate of drug-likeness (QED) is 0.787. The number of rotatable bonds is 2. The number of nitrogens with zero attached hydrogens (tertiary/aromatic N) is 2. The van der Waals surface area contributed by atoms with E-state index >= 15 is 0 Å². The normalized spacial score (nSPS) is 10.1. The summed E-state index contributed by atoms with van der Waals surface area (Å²) in [5, 5.41) is 3.63. The molecule has 1 aromatic heterocycles. The smallest absolute Gasteiger partial charge is 0.206 e. The fraction of sp³-hybridized carbons (Fsp3) is 0. The molecule has 0 aliphatic heterocycles. The van der Waals surface area contributed by atoms with E-state index in [0.29, 0.717) is 10.4 Å². The Hall–Kier alpha value is -1.07. The summed E-state index contributed by atoms with van der Waals surface area (Å²) in [5.41, 5.74) is 0.644. The molecule has 0 radical (unpaired) electrons. The molecule has 14 heavy (non-hydrogen) atoms. The molecule has 2 aromatic rings. The number of benzene rings is 1. The second-order valence-electron chi connectivity index (χ2n) is 2.62. The van der Waals surface area contributed by atoms with E-state index in [-0.39, 0.29) is 5.78 Å². The zero-order valence-electron chi connectivity index (χ0n) is 6.98. The maximum atomic E-state index is 11.8. The maximum Gasteiger partial charge on any atom is 0.206 e. The summed E-state index contributed by atoms with van der Waals surface area (Å²) >= 11 is 4.42. The molecule has 0 atom stereocenters.